The molecule has 0 radical (unpaired) electrons. The Balaban J connectivity index is 1.54. The first-order chi connectivity index (χ1) is 16.3. The summed E-state index contributed by atoms with van der Waals surface area (Å²) in [4.78, 5) is 26.6. The van der Waals surface area contributed by atoms with Crippen molar-refractivity contribution in [3.63, 3.8) is 0 Å². The molecule has 1 aromatic carbocycles. The highest BCUT2D eigenvalue weighted by Gasteiger charge is 2.28. The highest BCUT2D eigenvalue weighted by atomic mass is 19.4. The molecule has 10 heteroatoms. The molecule has 0 bridgehead atoms. The monoisotopic (exact) mass is 497 g/mol. The lowest BCUT2D eigenvalue weighted by Crippen LogP contribution is -2.42. The lowest BCUT2D eigenvalue weighted by Gasteiger charge is -2.33. The Bertz CT molecular complexity index is 1030. The topological polar surface area (TPSA) is 73.7 Å². The van der Waals surface area contributed by atoms with Crippen molar-refractivity contribution in [2.45, 2.75) is 71.7 Å². The lowest BCUT2D eigenvalue weighted by molar-refractivity contribution is -0.173. The Morgan fingerprint density at radius 1 is 1.14 bits per heavy atom. The third-order valence-electron chi connectivity index (χ3n) is 5.98. The number of carbonyl (C=O) groups is 2. The summed E-state index contributed by atoms with van der Waals surface area (Å²) in [6.07, 6.45) is -0.638. The zero-order valence-electron chi connectivity index (χ0n) is 20.8. The smallest absolute Gasteiger partial charge is 0.411 e. The van der Waals surface area contributed by atoms with Crippen LogP contribution in [-0.2, 0) is 16.0 Å². The van der Waals surface area contributed by atoms with Crippen molar-refractivity contribution in [2.75, 3.05) is 26.3 Å². The van der Waals surface area contributed by atoms with Crippen molar-refractivity contribution in [3.05, 3.63) is 29.5 Å². The van der Waals surface area contributed by atoms with E-state index in [1.54, 1.807) is 17.0 Å². The highest BCUT2D eigenvalue weighted by Crippen LogP contribution is 2.25. The number of ketones is 1. The van der Waals surface area contributed by atoms with Crippen LogP contribution in [0.15, 0.2) is 18.3 Å². The van der Waals surface area contributed by atoms with Crippen LogP contribution < -0.4 is 0 Å². The van der Waals surface area contributed by atoms with E-state index in [-0.39, 0.29) is 31.3 Å². The van der Waals surface area contributed by atoms with E-state index in [9.17, 15) is 22.8 Å². The Hall–Kier alpha value is -2.62. The molecule has 0 spiro atoms. The maximum absolute atomic E-state index is 12.6. The molecular weight excluding hydrogens is 463 g/mol. The number of carbonyl (C=O) groups excluding carboxylic acids is 2. The third-order valence-corrected chi connectivity index (χ3v) is 5.98. The number of hydrogen-bond donors (Lipinski definition) is 0. The van der Waals surface area contributed by atoms with Gasteiger partial charge in [-0.2, -0.15) is 18.3 Å². The molecule has 1 fully saturated rings. The number of nitrogens with zero attached hydrogens (tertiary/aromatic N) is 3. The number of alkyl halides is 3. The summed E-state index contributed by atoms with van der Waals surface area (Å²) in [5.74, 6) is 0.253. The molecule has 1 aromatic heterocycles. The molecular formula is C25H34F3N3O4. The third kappa shape index (κ3) is 7.95. The van der Waals surface area contributed by atoms with Crippen LogP contribution in [-0.4, -0.2) is 64.6 Å². The van der Waals surface area contributed by atoms with E-state index in [1.165, 1.54) is 0 Å². The zero-order chi connectivity index (χ0) is 25.8. The molecule has 35 heavy (non-hydrogen) atoms. The van der Waals surface area contributed by atoms with Gasteiger partial charge in [0.05, 0.1) is 5.52 Å². The standard InChI is InChI=1S/C25H34F3N3O4/c1-17-19(22(32)6-5-13-34-16-25(26,27)28)7-8-21-20(17)15-31(29-21)14-18-9-11-30(12-10-18)23(33)35-24(2,3)4/h7-8,15,18H,5-6,9-14,16H2,1-4H3. The van der Waals surface area contributed by atoms with E-state index in [0.29, 0.717) is 24.6 Å². The summed E-state index contributed by atoms with van der Waals surface area (Å²) in [6, 6.07) is 3.53. The van der Waals surface area contributed by atoms with Gasteiger partial charge >= 0.3 is 12.3 Å². The number of fused-ring (bicyclic) bond motifs is 1. The fourth-order valence-electron chi connectivity index (χ4n) is 4.22. The molecule has 3 rings (SSSR count). The molecule has 0 N–H and O–H groups in total. The summed E-state index contributed by atoms with van der Waals surface area (Å²) in [5.41, 5.74) is 1.65. The first-order valence-corrected chi connectivity index (χ1v) is 11.9. The normalized spacial score (nSPS) is 15.6. The van der Waals surface area contributed by atoms with Crippen LogP contribution in [0, 0.1) is 12.8 Å². The fourth-order valence-corrected chi connectivity index (χ4v) is 4.22. The van der Waals surface area contributed by atoms with Crippen molar-refractivity contribution in [2.24, 2.45) is 5.92 Å². The van der Waals surface area contributed by atoms with Crippen molar-refractivity contribution >= 4 is 22.8 Å². The highest BCUT2D eigenvalue weighted by molar-refractivity contribution is 6.01. The fraction of sp³-hybridized carbons (Fsp3) is 0.640. The molecule has 2 aromatic rings. The van der Waals surface area contributed by atoms with E-state index in [1.807, 2.05) is 38.6 Å². The quantitative estimate of drug-likeness (QED) is 0.354. The van der Waals surface area contributed by atoms with Gasteiger partial charge in [-0.05, 0) is 70.6 Å². The Kier molecular flexibility index (Phi) is 8.46. The minimum Gasteiger partial charge on any atom is -0.444 e. The Morgan fingerprint density at radius 3 is 2.46 bits per heavy atom. The number of aromatic nitrogens is 2. The van der Waals surface area contributed by atoms with Crippen LogP contribution in [0.25, 0.3) is 10.9 Å². The molecule has 0 unspecified atom stereocenters. The second-order valence-corrected chi connectivity index (χ2v) is 10.1. The van der Waals surface area contributed by atoms with Gasteiger partial charge in [0.25, 0.3) is 0 Å². The van der Waals surface area contributed by atoms with Gasteiger partial charge in [-0.1, -0.05) is 0 Å². The largest absolute Gasteiger partial charge is 0.444 e. The van der Waals surface area contributed by atoms with Gasteiger partial charge in [0.1, 0.15) is 12.2 Å². The Labute approximate surface area is 203 Å². The van der Waals surface area contributed by atoms with Crippen molar-refractivity contribution in [3.8, 4) is 0 Å². The summed E-state index contributed by atoms with van der Waals surface area (Å²) in [5, 5.41) is 5.54. The number of benzene rings is 1. The number of Topliss-reactive ketones (excluding diaryl/α,β-unsaturated/α-hetero) is 1. The molecule has 194 valence electrons. The number of ether oxygens (including phenoxy) is 2. The summed E-state index contributed by atoms with van der Waals surface area (Å²) in [6.45, 7) is 8.02. The van der Waals surface area contributed by atoms with E-state index in [4.69, 9.17) is 4.74 Å². The van der Waals surface area contributed by atoms with Gasteiger partial charge < -0.3 is 14.4 Å². The minimum atomic E-state index is -4.36. The van der Waals surface area contributed by atoms with Crippen LogP contribution >= 0.6 is 0 Å². The predicted octanol–water partition coefficient (Wildman–Crippen LogP) is 5.53. The number of halogens is 3. The van der Waals surface area contributed by atoms with Gasteiger partial charge in [-0.3, -0.25) is 9.48 Å². The van der Waals surface area contributed by atoms with E-state index in [0.717, 1.165) is 35.9 Å². The molecule has 1 aliphatic heterocycles. The summed E-state index contributed by atoms with van der Waals surface area (Å²) in [7, 11) is 0. The average Bonchev–Trinajstić information content (AvgIpc) is 3.15. The van der Waals surface area contributed by atoms with Crippen molar-refractivity contribution in [1.29, 1.82) is 0 Å². The van der Waals surface area contributed by atoms with E-state index < -0.39 is 18.4 Å². The molecule has 0 aliphatic carbocycles. The summed E-state index contributed by atoms with van der Waals surface area (Å²) < 4.78 is 48.3. The number of aryl methyl sites for hydroxylation is 1. The van der Waals surface area contributed by atoms with Crippen LogP contribution in [0.4, 0.5) is 18.0 Å². The number of piperidine rings is 1. The molecule has 0 atom stereocenters. The molecule has 1 amide bonds. The van der Waals surface area contributed by atoms with Crippen molar-refractivity contribution < 1.29 is 32.2 Å². The number of hydrogen-bond acceptors (Lipinski definition) is 5. The molecule has 1 saturated heterocycles. The summed E-state index contributed by atoms with van der Waals surface area (Å²) >= 11 is 0. The minimum absolute atomic E-state index is 0.114. The second kappa shape index (κ2) is 11.0. The lowest BCUT2D eigenvalue weighted by atomic mass is 9.97. The first-order valence-electron chi connectivity index (χ1n) is 11.9. The first kappa shape index (κ1) is 27.0. The maximum Gasteiger partial charge on any atom is 0.411 e. The number of likely N-dealkylation sites (tertiary alicyclic amines) is 1. The van der Waals surface area contributed by atoms with E-state index >= 15 is 0 Å². The van der Waals surface area contributed by atoms with Gasteiger partial charge in [-0.15, -0.1) is 0 Å². The van der Waals surface area contributed by atoms with Crippen LogP contribution in [0.3, 0.4) is 0 Å². The van der Waals surface area contributed by atoms with Gasteiger partial charge in [0, 0.05) is 49.8 Å². The van der Waals surface area contributed by atoms with Crippen molar-refractivity contribution in [1.82, 2.24) is 14.7 Å². The zero-order valence-corrected chi connectivity index (χ0v) is 20.8. The van der Waals surface area contributed by atoms with E-state index in [2.05, 4.69) is 9.84 Å². The number of amides is 1. The molecule has 2 heterocycles. The average molecular weight is 498 g/mol. The van der Waals surface area contributed by atoms with Gasteiger partial charge in [-0.25, -0.2) is 4.79 Å². The van der Waals surface area contributed by atoms with Gasteiger partial charge in [0.15, 0.2) is 5.78 Å². The van der Waals surface area contributed by atoms with Crippen LogP contribution in [0.1, 0.15) is 62.4 Å². The maximum atomic E-state index is 12.6. The molecule has 0 saturated carbocycles. The van der Waals surface area contributed by atoms with Crippen LogP contribution in [0.2, 0.25) is 0 Å². The molecule has 7 nitrogen and oxygen atoms in total. The van der Waals surface area contributed by atoms with Gasteiger partial charge in [0.2, 0.25) is 0 Å². The Morgan fingerprint density at radius 2 is 1.83 bits per heavy atom. The van der Waals surface area contributed by atoms with Crippen LogP contribution in [0.5, 0.6) is 0 Å². The predicted molar refractivity (Wildman–Crippen MR) is 125 cm³/mol. The molecule has 1 aliphatic rings. The SMILES string of the molecule is Cc1c(C(=O)CCCOCC(F)(F)F)ccc2nn(CC3CCN(C(=O)OC(C)(C)C)CC3)cc12. The second-order valence-electron chi connectivity index (χ2n) is 10.1. The number of rotatable bonds is 8.